The van der Waals surface area contributed by atoms with Crippen LogP contribution in [0.5, 0.6) is 0 Å². The molecule has 2 rings (SSSR count). The number of anilines is 2. The minimum Gasteiger partial charge on any atom is -0.465 e. The average Bonchev–Trinajstić information content (AvgIpc) is 2.70. The highest BCUT2D eigenvalue weighted by Gasteiger charge is 2.24. The Labute approximate surface area is 182 Å². The fourth-order valence-electron chi connectivity index (χ4n) is 2.54. The number of para-hydroxylation sites is 1. The Morgan fingerprint density at radius 2 is 1.67 bits per heavy atom. The Balaban J connectivity index is 2.38. The number of ether oxygens (including phenoxy) is 2. The van der Waals surface area contributed by atoms with Crippen molar-refractivity contribution < 1.29 is 32.3 Å². The number of carbonyl (C=O) groups is 3. The second-order valence-electron chi connectivity index (χ2n) is 6.01. The summed E-state index contributed by atoms with van der Waals surface area (Å²) in [5.74, 6) is -2.15. The molecule has 0 fully saturated rings. The molecule has 1 N–H and O–H groups in total. The first-order chi connectivity index (χ1) is 14.1. The lowest BCUT2D eigenvalue weighted by Crippen LogP contribution is -2.37. The van der Waals surface area contributed by atoms with Gasteiger partial charge in [0.1, 0.15) is 6.54 Å². The number of nitrogens with one attached hydrogen (secondary N) is 1. The van der Waals surface area contributed by atoms with Gasteiger partial charge in [-0.2, -0.15) is 0 Å². The second kappa shape index (κ2) is 9.72. The number of benzene rings is 2. The predicted molar refractivity (Wildman–Crippen MR) is 114 cm³/mol. The minimum atomic E-state index is -3.81. The summed E-state index contributed by atoms with van der Waals surface area (Å²) < 4.78 is 35.2. The zero-order chi connectivity index (χ0) is 22.5. The first-order valence-electron chi connectivity index (χ1n) is 8.41. The van der Waals surface area contributed by atoms with Gasteiger partial charge in [0.05, 0.1) is 43.0 Å². The van der Waals surface area contributed by atoms with Crippen LogP contribution in [0.25, 0.3) is 0 Å². The molecule has 0 aromatic heterocycles. The van der Waals surface area contributed by atoms with E-state index >= 15 is 0 Å². The Hall–Kier alpha value is -2.92. The molecule has 0 bridgehead atoms. The highest BCUT2D eigenvalue weighted by Crippen LogP contribution is 2.28. The third kappa shape index (κ3) is 5.57. The van der Waals surface area contributed by atoms with E-state index in [2.05, 4.69) is 30.7 Å². The Morgan fingerprint density at radius 3 is 2.23 bits per heavy atom. The van der Waals surface area contributed by atoms with Crippen molar-refractivity contribution in [1.82, 2.24) is 0 Å². The average molecular weight is 499 g/mol. The summed E-state index contributed by atoms with van der Waals surface area (Å²) in [5.41, 5.74) is 0.332. The molecule has 0 aliphatic carbocycles. The number of esters is 2. The number of carbonyl (C=O) groups excluding carboxylic acids is 3. The molecule has 9 nitrogen and oxygen atoms in total. The van der Waals surface area contributed by atoms with Gasteiger partial charge in [-0.15, -0.1) is 0 Å². The van der Waals surface area contributed by atoms with Crippen molar-refractivity contribution in [2.75, 3.05) is 36.6 Å². The van der Waals surface area contributed by atoms with Gasteiger partial charge in [0.25, 0.3) is 0 Å². The van der Waals surface area contributed by atoms with E-state index in [1.165, 1.54) is 38.5 Å². The molecule has 160 valence electrons. The van der Waals surface area contributed by atoms with Crippen molar-refractivity contribution in [2.45, 2.75) is 0 Å². The molecular weight excluding hydrogens is 480 g/mol. The van der Waals surface area contributed by atoms with E-state index in [0.29, 0.717) is 4.47 Å². The molecule has 30 heavy (non-hydrogen) atoms. The third-order valence-electron chi connectivity index (χ3n) is 3.93. The number of sulfonamides is 1. The van der Waals surface area contributed by atoms with Gasteiger partial charge in [0, 0.05) is 4.47 Å². The molecule has 0 spiro atoms. The number of amides is 1. The minimum absolute atomic E-state index is 0.00898. The monoisotopic (exact) mass is 498 g/mol. The van der Waals surface area contributed by atoms with Crippen LogP contribution in [0, 0.1) is 0 Å². The molecule has 0 aliphatic heterocycles. The maximum atomic E-state index is 12.7. The molecule has 11 heteroatoms. The van der Waals surface area contributed by atoms with Crippen LogP contribution in [-0.4, -0.2) is 53.3 Å². The number of rotatable bonds is 7. The van der Waals surface area contributed by atoms with Crippen LogP contribution >= 0.6 is 15.9 Å². The van der Waals surface area contributed by atoms with Crippen molar-refractivity contribution >= 4 is 55.2 Å². The van der Waals surface area contributed by atoms with Crippen molar-refractivity contribution in [3.63, 3.8) is 0 Å². The van der Waals surface area contributed by atoms with Crippen LogP contribution in [0.3, 0.4) is 0 Å². The molecule has 0 atom stereocenters. The van der Waals surface area contributed by atoms with E-state index in [9.17, 15) is 22.8 Å². The van der Waals surface area contributed by atoms with E-state index in [-0.39, 0.29) is 22.5 Å². The number of hydrogen-bond donors (Lipinski definition) is 1. The maximum Gasteiger partial charge on any atom is 0.339 e. The molecule has 0 saturated heterocycles. The van der Waals surface area contributed by atoms with Crippen molar-refractivity contribution in [3.8, 4) is 0 Å². The zero-order valence-corrected chi connectivity index (χ0v) is 18.7. The highest BCUT2D eigenvalue weighted by molar-refractivity contribution is 9.10. The Kier molecular flexibility index (Phi) is 7.57. The highest BCUT2D eigenvalue weighted by atomic mass is 79.9. The summed E-state index contributed by atoms with van der Waals surface area (Å²) in [6, 6.07) is 10.4. The van der Waals surface area contributed by atoms with E-state index < -0.39 is 34.4 Å². The molecule has 0 unspecified atom stereocenters. The molecule has 0 heterocycles. The van der Waals surface area contributed by atoms with E-state index in [0.717, 1.165) is 10.6 Å². The summed E-state index contributed by atoms with van der Waals surface area (Å²) in [6.45, 7) is -0.565. The van der Waals surface area contributed by atoms with Gasteiger partial charge in [0.2, 0.25) is 15.9 Å². The first-order valence-corrected chi connectivity index (χ1v) is 11.1. The summed E-state index contributed by atoms with van der Waals surface area (Å²) in [4.78, 5) is 36.5. The summed E-state index contributed by atoms with van der Waals surface area (Å²) >= 11 is 3.27. The van der Waals surface area contributed by atoms with Gasteiger partial charge in [-0.1, -0.05) is 12.1 Å². The van der Waals surface area contributed by atoms with Gasteiger partial charge in [-0.3, -0.25) is 9.10 Å². The van der Waals surface area contributed by atoms with Gasteiger partial charge >= 0.3 is 11.9 Å². The topological polar surface area (TPSA) is 119 Å². The lowest BCUT2D eigenvalue weighted by Gasteiger charge is -2.23. The number of halogens is 1. The summed E-state index contributed by atoms with van der Waals surface area (Å²) in [5, 5.41) is 2.47. The lowest BCUT2D eigenvalue weighted by molar-refractivity contribution is -0.114. The lowest BCUT2D eigenvalue weighted by atomic mass is 10.1. The Morgan fingerprint density at radius 1 is 1.03 bits per heavy atom. The van der Waals surface area contributed by atoms with Crippen LogP contribution in [-0.2, 0) is 24.3 Å². The molecule has 0 aliphatic rings. The van der Waals surface area contributed by atoms with Gasteiger partial charge in [0.15, 0.2) is 0 Å². The SMILES string of the molecule is COC(=O)c1ccc(C(=O)OC)c(NC(=O)CN(c2ccccc2Br)S(C)(=O)=O)c1. The summed E-state index contributed by atoms with van der Waals surface area (Å²) in [7, 11) is -1.45. The van der Waals surface area contributed by atoms with Crippen LogP contribution in [0.15, 0.2) is 46.9 Å². The van der Waals surface area contributed by atoms with Crippen molar-refractivity contribution in [3.05, 3.63) is 58.1 Å². The van der Waals surface area contributed by atoms with Crippen LogP contribution in [0.4, 0.5) is 11.4 Å². The quantitative estimate of drug-likeness (QED) is 0.582. The maximum absolute atomic E-state index is 12.7. The molecule has 2 aromatic rings. The predicted octanol–water partition coefficient (Wildman–Crippen LogP) is 2.43. The fraction of sp³-hybridized carbons (Fsp3) is 0.211. The third-order valence-corrected chi connectivity index (χ3v) is 5.73. The van der Waals surface area contributed by atoms with Crippen molar-refractivity contribution in [2.24, 2.45) is 0 Å². The van der Waals surface area contributed by atoms with E-state index in [1.807, 2.05) is 0 Å². The fourth-order valence-corrected chi connectivity index (χ4v) is 4.02. The largest absolute Gasteiger partial charge is 0.465 e. The molecular formula is C19H19BrN2O7S. The van der Waals surface area contributed by atoms with Crippen LogP contribution < -0.4 is 9.62 Å². The first kappa shape index (κ1) is 23.4. The van der Waals surface area contributed by atoms with Crippen LogP contribution in [0.1, 0.15) is 20.7 Å². The van der Waals surface area contributed by atoms with Gasteiger partial charge < -0.3 is 14.8 Å². The summed E-state index contributed by atoms with van der Waals surface area (Å²) in [6.07, 6.45) is 0.970. The molecule has 0 radical (unpaired) electrons. The number of nitrogens with zero attached hydrogens (tertiary/aromatic N) is 1. The van der Waals surface area contributed by atoms with Gasteiger partial charge in [-0.25, -0.2) is 18.0 Å². The molecule has 0 saturated carbocycles. The Bertz CT molecular complexity index is 1090. The van der Waals surface area contributed by atoms with Crippen LogP contribution in [0.2, 0.25) is 0 Å². The van der Waals surface area contributed by atoms with Crippen molar-refractivity contribution in [1.29, 1.82) is 0 Å². The van der Waals surface area contributed by atoms with E-state index in [4.69, 9.17) is 0 Å². The van der Waals surface area contributed by atoms with E-state index in [1.54, 1.807) is 18.2 Å². The number of hydrogen-bond acceptors (Lipinski definition) is 7. The number of methoxy groups -OCH3 is 2. The smallest absolute Gasteiger partial charge is 0.339 e. The zero-order valence-electron chi connectivity index (χ0n) is 16.3. The standard InChI is InChI=1S/C19H19BrN2O7S/c1-28-18(24)12-8-9-13(19(25)29-2)15(10-12)21-17(23)11-22(30(3,26)27)16-7-5-4-6-14(16)20/h4-10H,11H2,1-3H3,(H,21,23). The molecule has 2 aromatic carbocycles. The second-order valence-corrected chi connectivity index (χ2v) is 8.77. The molecule has 1 amide bonds. The van der Waals surface area contributed by atoms with Gasteiger partial charge in [-0.05, 0) is 46.3 Å². The normalized spacial score (nSPS) is 10.8.